The summed E-state index contributed by atoms with van der Waals surface area (Å²) in [6.45, 7) is 10.3. The number of hydrogen-bond acceptors (Lipinski definition) is 4. The molecule has 0 aromatic carbocycles. The summed E-state index contributed by atoms with van der Waals surface area (Å²) in [6.07, 6.45) is 6.34. The van der Waals surface area contributed by atoms with Crippen molar-refractivity contribution < 1.29 is 4.74 Å². The standard InChI is InChI=1S/C18H31N3O/c1-13(2)11-19-16-10-17(22-12-14(3)4)21-18(20-16)15-8-6-5-7-9-15/h10,13-15H,5-9,11-12H2,1-4H3,(H,19,20,21). The van der Waals surface area contributed by atoms with Gasteiger partial charge in [-0.15, -0.1) is 0 Å². The summed E-state index contributed by atoms with van der Waals surface area (Å²) in [7, 11) is 0. The van der Waals surface area contributed by atoms with E-state index < -0.39 is 0 Å². The predicted molar refractivity (Wildman–Crippen MR) is 91.5 cm³/mol. The Balaban J connectivity index is 2.14. The summed E-state index contributed by atoms with van der Waals surface area (Å²) in [5, 5.41) is 3.42. The fraction of sp³-hybridized carbons (Fsp3) is 0.778. The summed E-state index contributed by atoms with van der Waals surface area (Å²) >= 11 is 0. The Labute approximate surface area is 135 Å². The summed E-state index contributed by atoms with van der Waals surface area (Å²) in [6, 6.07) is 1.94. The molecular formula is C18H31N3O. The van der Waals surface area contributed by atoms with Crippen LogP contribution in [0, 0.1) is 11.8 Å². The molecule has 0 radical (unpaired) electrons. The Morgan fingerprint density at radius 1 is 1.09 bits per heavy atom. The van der Waals surface area contributed by atoms with Gasteiger partial charge >= 0.3 is 0 Å². The first-order valence-electron chi connectivity index (χ1n) is 8.80. The first-order valence-corrected chi connectivity index (χ1v) is 8.80. The zero-order chi connectivity index (χ0) is 15.9. The van der Waals surface area contributed by atoms with Crippen LogP contribution in [0.3, 0.4) is 0 Å². The van der Waals surface area contributed by atoms with E-state index in [2.05, 4.69) is 38.0 Å². The lowest BCUT2D eigenvalue weighted by Crippen LogP contribution is -2.15. The van der Waals surface area contributed by atoms with Gasteiger partial charge in [0.15, 0.2) is 0 Å². The van der Waals surface area contributed by atoms with Gasteiger partial charge in [0.2, 0.25) is 5.88 Å². The maximum absolute atomic E-state index is 5.86. The number of ether oxygens (including phenoxy) is 1. The first-order chi connectivity index (χ1) is 10.5. The minimum Gasteiger partial charge on any atom is -0.477 e. The van der Waals surface area contributed by atoms with E-state index in [9.17, 15) is 0 Å². The van der Waals surface area contributed by atoms with Crippen molar-refractivity contribution in [2.45, 2.75) is 65.7 Å². The number of nitrogens with zero attached hydrogens (tertiary/aromatic N) is 2. The molecule has 1 fully saturated rings. The molecule has 1 heterocycles. The normalized spacial score (nSPS) is 16.3. The highest BCUT2D eigenvalue weighted by molar-refractivity contribution is 5.39. The Bertz CT molecular complexity index is 423. The van der Waals surface area contributed by atoms with Gasteiger partial charge in [-0.05, 0) is 24.7 Å². The number of aromatic nitrogens is 2. The van der Waals surface area contributed by atoms with Crippen molar-refractivity contribution >= 4 is 5.82 Å². The lowest BCUT2D eigenvalue weighted by Gasteiger charge is -2.21. The molecule has 124 valence electrons. The molecule has 1 saturated carbocycles. The van der Waals surface area contributed by atoms with Gasteiger partial charge in [0, 0.05) is 18.5 Å². The third-order valence-corrected chi connectivity index (χ3v) is 3.95. The highest BCUT2D eigenvalue weighted by Gasteiger charge is 2.20. The van der Waals surface area contributed by atoms with Gasteiger partial charge in [-0.2, -0.15) is 4.98 Å². The number of rotatable bonds is 7. The summed E-state index contributed by atoms with van der Waals surface area (Å²) in [5.74, 6) is 4.18. The van der Waals surface area contributed by atoms with E-state index in [4.69, 9.17) is 9.72 Å². The van der Waals surface area contributed by atoms with Crippen LogP contribution in [0.4, 0.5) is 5.82 Å². The van der Waals surface area contributed by atoms with Gasteiger partial charge in [-0.3, -0.25) is 0 Å². The minimum absolute atomic E-state index is 0.496. The van der Waals surface area contributed by atoms with E-state index in [1.165, 1.54) is 32.1 Å². The maximum atomic E-state index is 5.86. The van der Waals surface area contributed by atoms with Crippen LogP contribution < -0.4 is 10.1 Å². The van der Waals surface area contributed by atoms with E-state index in [0.717, 1.165) is 24.1 Å². The van der Waals surface area contributed by atoms with Crippen LogP contribution in [0.1, 0.15) is 71.5 Å². The fourth-order valence-electron chi connectivity index (χ4n) is 2.71. The molecule has 22 heavy (non-hydrogen) atoms. The third-order valence-electron chi connectivity index (χ3n) is 3.95. The molecule has 0 bridgehead atoms. The first kappa shape index (κ1) is 17.0. The molecular weight excluding hydrogens is 274 g/mol. The monoisotopic (exact) mass is 305 g/mol. The lowest BCUT2D eigenvalue weighted by molar-refractivity contribution is 0.259. The molecule has 0 saturated heterocycles. The van der Waals surface area contributed by atoms with Crippen LogP contribution in [0.2, 0.25) is 0 Å². The third kappa shape index (κ3) is 5.47. The second kappa shape index (κ2) is 8.35. The van der Waals surface area contributed by atoms with Crippen LogP contribution in [0.25, 0.3) is 0 Å². The molecule has 0 spiro atoms. The van der Waals surface area contributed by atoms with Crippen LogP contribution in [-0.4, -0.2) is 23.1 Å². The molecule has 0 unspecified atom stereocenters. The summed E-state index contributed by atoms with van der Waals surface area (Å²) in [4.78, 5) is 9.44. The van der Waals surface area contributed by atoms with E-state index in [1.54, 1.807) is 0 Å². The van der Waals surface area contributed by atoms with Crippen molar-refractivity contribution in [2.24, 2.45) is 11.8 Å². The van der Waals surface area contributed by atoms with Crippen molar-refractivity contribution in [1.82, 2.24) is 9.97 Å². The average Bonchev–Trinajstić information content (AvgIpc) is 2.51. The van der Waals surface area contributed by atoms with Crippen molar-refractivity contribution in [3.05, 3.63) is 11.9 Å². The Hall–Kier alpha value is -1.32. The molecule has 2 rings (SSSR count). The van der Waals surface area contributed by atoms with E-state index >= 15 is 0 Å². The van der Waals surface area contributed by atoms with Gasteiger partial charge in [0.25, 0.3) is 0 Å². The topological polar surface area (TPSA) is 47.0 Å². The van der Waals surface area contributed by atoms with Crippen LogP contribution in [-0.2, 0) is 0 Å². The molecule has 1 N–H and O–H groups in total. The zero-order valence-electron chi connectivity index (χ0n) is 14.6. The van der Waals surface area contributed by atoms with Gasteiger partial charge in [-0.1, -0.05) is 47.0 Å². The van der Waals surface area contributed by atoms with Crippen molar-refractivity contribution in [2.75, 3.05) is 18.5 Å². The quantitative estimate of drug-likeness (QED) is 0.798. The van der Waals surface area contributed by atoms with Gasteiger partial charge in [0.1, 0.15) is 11.6 Å². The van der Waals surface area contributed by atoms with Gasteiger partial charge < -0.3 is 10.1 Å². The maximum Gasteiger partial charge on any atom is 0.218 e. The number of anilines is 1. The molecule has 0 atom stereocenters. The second-order valence-electron chi connectivity index (χ2n) is 7.26. The zero-order valence-corrected chi connectivity index (χ0v) is 14.6. The van der Waals surface area contributed by atoms with E-state index in [-0.39, 0.29) is 0 Å². The Morgan fingerprint density at radius 3 is 2.45 bits per heavy atom. The van der Waals surface area contributed by atoms with Gasteiger partial charge in [0.05, 0.1) is 6.61 Å². The highest BCUT2D eigenvalue weighted by atomic mass is 16.5. The second-order valence-corrected chi connectivity index (χ2v) is 7.26. The number of nitrogens with one attached hydrogen (secondary N) is 1. The molecule has 4 nitrogen and oxygen atoms in total. The Morgan fingerprint density at radius 2 is 1.82 bits per heavy atom. The predicted octanol–water partition coefficient (Wildman–Crippen LogP) is 4.63. The lowest BCUT2D eigenvalue weighted by atomic mass is 9.89. The van der Waals surface area contributed by atoms with Crippen molar-refractivity contribution in [3.63, 3.8) is 0 Å². The largest absolute Gasteiger partial charge is 0.477 e. The van der Waals surface area contributed by atoms with E-state index in [1.807, 2.05) is 6.07 Å². The molecule has 1 aliphatic rings. The molecule has 1 aliphatic carbocycles. The van der Waals surface area contributed by atoms with Crippen molar-refractivity contribution in [1.29, 1.82) is 0 Å². The fourth-order valence-corrected chi connectivity index (χ4v) is 2.71. The Kier molecular flexibility index (Phi) is 6.47. The van der Waals surface area contributed by atoms with Crippen LogP contribution in [0.15, 0.2) is 6.07 Å². The molecule has 4 heteroatoms. The van der Waals surface area contributed by atoms with Crippen molar-refractivity contribution in [3.8, 4) is 5.88 Å². The van der Waals surface area contributed by atoms with E-state index in [0.29, 0.717) is 24.4 Å². The number of hydrogen-bond donors (Lipinski definition) is 1. The van der Waals surface area contributed by atoms with Crippen LogP contribution in [0.5, 0.6) is 5.88 Å². The minimum atomic E-state index is 0.496. The summed E-state index contributed by atoms with van der Waals surface area (Å²) in [5.41, 5.74) is 0. The molecule has 1 aromatic rings. The summed E-state index contributed by atoms with van der Waals surface area (Å²) < 4.78 is 5.86. The van der Waals surface area contributed by atoms with Crippen LogP contribution >= 0.6 is 0 Å². The molecule has 1 aromatic heterocycles. The average molecular weight is 305 g/mol. The molecule has 0 amide bonds. The highest BCUT2D eigenvalue weighted by Crippen LogP contribution is 2.32. The van der Waals surface area contributed by atoms with Gasteiger partial charge in [-0.25, -0.2) is 4.98 Å². The smallest absolute Gasteiger partial charge is 0.218 e. The molecule has 0 aliphatic heterocycles. The SMILES string of the molecule is CC(C)CNc1cc(OCC(C)C)nc(C2CCCCC2)n1.